The summed E-state index contributed by atoms with van der Waals surface area (Å²) < 4.78 is 48.1. The fourth-order valence-corrected chi connectivity index (χ4v) is 2.09. The summed E-state index contributed by atoms with van der Waals surface area (Å²) in [5, 5.41) is 31.2. The molecule has 1 aromatic heterocycles. The van der Waals surface area contributed by atoms with E-state index in [0.29, 0.717) is 0 Å². The van der Waals surface area contributed by atoms with Crippen molar-refractivity contribution in [3.05, 3.63) is 11.9 Å². The second-order valence-corrected chi connectivity index (χ2v) is 4.90. The van der Waals surface area contributed by atoms with Gasteiger partial charge in [-0.3, -0.25) is 0 Å². The van der Waals surface area contributed by atoms with Gasteiger partial charge in [0, 0.05) is 6.07 Å². The molecule has 0 aliphatic carbocycles. The van der Waals surface area contributed by atoms with Gasteiger partial charge in [0.05, 0.1) is 26.4 Å². The molecule has 8 nitrogen and oxygen atoms in total. The van der Waals surface area contributed by atoms with Crippen molar-refractivity contribution in [3.63, 3.8) is 0 Å². The fourth-order valence-electron chi connectivity index (χ4n) is 2.09. The number of ether oxygens (including phenoxy) is 2. The fraction of sp³-hybridized carbons (Fsp3) is 0.667. The second-order valence-electron chi connectivity index (χ2n) is 4.90. The van der Waals surface area contributed by atoms with E-state index in [0.717, 1.165) is 13.2 Å². The first-order valence-corrected chi connectivity index (χ1v) is 6.61. The number of methoxy groups -OCH3 is 1. The van der Waals surface area contributed by atoms with E-state index in [1.807, 2.05) is 0 Å². The smallest absolute Gasteiger partial charge is 0.451 e. The Morgan fingerprint density at radius 2 is 2.04 bits per heavy atom. The minimum atomic E-state index is -4.77. The van der Waals surface area contributed by atoms with Crippen molar-refractivity contribution in [2.45, 2.75) is 30.5 Å². The van der Waals surface area contributed by atoms with Crippen molar-refractivity contribution in [3.8, 4) is 5.88 Å². The topological polar surface area (TPSA) is 117 Å². The van der Waals surface area contributed by atoms with E-state index in [4.69, 9.17) is 14.6 Å². The molecule has 0 aromatic carbocycles. The largest absolute Gasteiger partial charge is 0.481 e. The van der Waals surface area contributed by atoms with Crippen LogP contribution in [0.5, 0.6) is 5.88 Å². The van der Waals surface area contributed by atoms with Gasteiger partial charge in [-0.15, -0.1) is 0 Å². The number of aliphatic hydroxyl groups excluding tert-OH is 3. The van der Waals surface area contributed by atoms with E-state index in [-0.39, 0.29) is 18.3 Å². The number of aromatic nitrogens is 2. The van der Waals surface area contributed by atoms with Crippen LogP contribution in [-0.4, -0.2) is 70.0 Å². The van der Waals surface area contributed by atoms with Crippen LogP contribution in [0.2, 0.25) is 0 Å². The van der Waals surface area contributed by atoms with Crippen molar-refractivity contribution < 1.29 is 38.0 Å². The molecular formula is C12H16F3N3O5. The minimum Gasteiger partial charge on any atom is -0.481 e. The summed E-state index contributed by atoms with van der Waals surface area (Å²) in [6.07, 6.45) is -8.49. The molecule has 4 atom stereocenters. The van der Waals surface area contributed by atoms with E-state index in [2.05, 4.69) is 15.3 Å². The van der Waals surface area contributed by atoms with Crippen molar-refractivity contribution >= 4 is 5.82 Å². The molecule has 0 saturated carbocycles. The standard InChI is InChI=1S/C12H16F3N3O5/c1-22-8-2-7(17-11(18-8)12(13,14)15)16-5-4-23-6(3-19)10(21)9(5)20/h2,5-6,9-10,19-21H,3-4H2,1H3,(H,16,17,18)/t5-,6+,9+,10-/m0/s1. The number of aliphatic hydroxyl groups is 3. The van der Waals surface area contributed by atoms with Crippen molar-refractivity contribution in [2.24, 2.45) is 0 Å². The zero-order valence-corrected chi connectivity index (χ0v) is 12.0. The molecule has 0 unspecified atom stereocenters. The van der Waals surface area contributed by atoms with Crippen LogP contribution in [0.15, 0.2) is 6.07 Å². The quantitative estimate of drug-likeness (QED) is 0.574. The molecule has 0 bridgehead atoms. The zero-order chi connectivity index (χ0) is 17.2. The lowest BCUT2D eigenvalue weighted by Gasteiger charge is -2.37. The normalized spacial score (nSPS) is 28.5. The molecule has 2 rings (SSSR count). The lowest BCUT2D eigenvalue weighted by molar-refractivity contribution is -0.152. The van der Waals surface area contributed by atoms with Gasteiger partial charge in [-0.2, -0.15) is 18.2 Å². The maximum absolute atomic E-state index is 12.7. The Bertz CT molecular complexity index is 545. The Balaban J connectivity index is 2.19. The highest BCUT2D eigenvalue weighted by molar-refractivity contribution is 5.40. The number of alkyl halides is 3. The second kappa shape index (κ2) is 6.83. The molecule has 23 heavy (non-hydrogen) atoms. The van der Waals surface area contributed by atoms with E-state index in [9.17, 15) is 23.4 Å². The number of anilines is 1. The van der Waals surface area contributed by atoms with Gasteiger partial charge in [-0.1, -0.05) is 0 Å². The van der Waals surface area contributed by atoms with Crippen LogP contribution < -0.4 is 10.1 Å². The maximum atomic E-state index is 12.7. The van der Waals surface area contributed by atoms with Crippen LogP contribution in [0, 0.1) is 0 Å². The Labute approximate surface area is 128 Å². The van der Waals surface area contributed by atoms with Gasteiger partial charge in [0.2, 0.25) is 11.7 Å². The number of nitrogens with zero attached hydrogens (tertiary/aromatic N) is 2. The van der Waals surface area contributed by atoms with Crippen LogP contribution in [0.25, 0.3) is 0 Å². The molecule has 0 amide bonds. The third-order valence-corrected chi connectivity index (χ3v) is 3.31. The summed E-state index contributed by atoms with van der Waals surface area (Å²) in [6.45, 7) is -0.637. The maximum Gasteiger partial charge on any atom is 0.451 e. The van der Waals surface area contributed by atoms with E-state index >= 15 is 0 Å². The summed E-state index contributed by atoms with van der Waals surface area (Å²) in [5.74, 6) is -1.96. The molecule has 1 aromatic rings. The lowest BCUT2D eigenvalue weighted by Crippen LogP contribution is -2.56. The molecule has 130 valence electrons. The zero-order valence-electron chi connectivity index (χ0n) is 12.0. The number of rotatable bonds is 4. The average Bonchev–Trinajstić information content (AvgIpc) is 2.51. The number of halogens is 3. The SMILES string of the molecule is COc1cc(N[C@H]2CO[C@H](CO)[C@H](O)[C@@H]2O)nc(C(F)(F)F)n1. The third-order valence-electron chi connectivity index (χ3n) is 3.31. The molecular weight excluding hydrogens is 323 g/mol. The molecule has 11 heteroatoms. The highest BCUT2D eigenvalue weighted by atomic mass is 19.4. The van der Waals surface area contributed by atoms with Crippen molar-refractivity contribution in [2.75, 3.05) is 25.6 Å². The molecule has 1 fully saturated rings. The summed E-state index contributed by atoms with van der Waals surface area (Å²) in [5.41, 5.74) is 0. The molecule has 2 heterocycles. The van der Waals surface area contributed by atoms with Crippen LogP contribution in [0.1, 0.15) is 5.82 Å². The lowest BCUT2D eigenvalue weighted by atomic mass is 9.98. The molecule has 1 saturated heterocycles. The van der Waals surface area contributed by atoms with E-state index < -0.39 is 43.0 Å². The Kier molecular flexibility index (Phi) is 5.24. The van der Waals surface area contributed by atoms with E-state index in [1.165, 1.54) is 0 Å². The van der Waals surface area contributed by atoms with Gasteiger partial charge in [0.1, 0.15) is 24.1 Å². The average molecular weight is 339 g/mol. The van der Waals surface area contributed by atoms with Crippen molar-refractivity contribution in [1.82, 2.24) is 9.97 Å². The van der Waals surface area contributed by atoms with E-state index in [1.54, 1.807) is 0 Å². The first-order valence-electron chi connectivity index (χ1n) is 6.61. The van der Waals surface area contributed by atoms with Gasteiger partial charge in [-0.25, -0.2) is 4.98 Å². The van der Waals surface area contributed by atoms with Crippen molar-refractivity contribution in [1.29, 1.82) is 0 Å². The Morgan fingerprint density at radius 1 is 1.35 bits per heavy atom. The first kappa shape index (κ1) is 17.7. The third kappa shape index (κ3) is 3.99. The summed E-state index contributed by atoms with van der Waals surface area (Å²) in [6, 6.07) is 0.195. The highest BCUT2D eigenvalue weighted by Crippen LogP contribution is 2.29. The monoisotopic (exact) mass is 339 g/mol. The van der Waals surface area contributed by atoms with Crippen LogP contribution in [0.3, 0.4) is 0 Å². The molecule has 0 radical (unpaired) electrons. The predicted octanol–water partition coefficient (Wildman–Crippen LogP) is -0.603. The summed E-state index contributed by atoms with van der Waals surface area (Å²) in [4.78, 5) is 6.52. The molecule has 0 spiro atoms. The number of hydrogen-bond acceptors (Lipinski definition) is 8. The number of hydrogen-bond donors (Lipinski definition) is 4. The Morgan fingerprint density at radius 3 is 2.61 bits per heavy atom. The molecule has 4 N–H and O–H groups in total. The first-order chi connectivity index (χ1) is 10.8. The van der Waals surface area contributed by atoms with Crippen LogP contribution in [-0.2, 0) is 10.9 Å². The predicted molar refractivity (Wildman–Crippen MR) is 69.8 cm³/mol. The highest BCUT2D eigenvalue weighted by Gasteiger charge is 2.39. The number of nitrogens with one attached hydrogen (secondary N) is 1. The van der Waals surface area contributed by atoms with Gasteiger partial charge in [-0.05, 0) is 0 Å². The van der Waals surface area contributed by atoms with Gasteiger partial charge >= 0.3 is 6.18 Å². The summed E-state index contributed by atoms with van der Waals surface area (Å²) >= 11 is 0. The summed E-state index contributed by atoms with van der Waals surface area (Å²) in [7, 11) is 1.15. The van der Waals surface area contributed by atoms with Crippen LogP contribution in [0.4, 0.5) is 19.0 Å². The van der Waals surface area contributed by atoms with Gasteiger partial charge < -0.3 is 30.1 Å². The molecule has 1 aliphatic rings. The van der Waals surface area contributed by atoms with Crippen LogP contribution >= 0.6 is 0 Å². The van der Waals surface area contributed by atoms with Gasteiger partial charge in [0.15, 0.2) is 0 Å². The minimum absolute atomic E-state index is 0.142. The molecule has 1 aliphatic heterocycles. The Hall–Kier alpha value is -1.69. The van der Waals surface area contributed by atoms with Gasteiger partial charge in [0.25, 0.3) is 0 Å².